The number of carbonyl (C=O) groups is 2. The van der Waals surface area contributed by atoms with Crippen LogP contribution in [0, 0.1) is 11.3 Å². The van der Waals surface area contributed by atoms with E-state index in [9.17, 15) is 14.9 Å². The van der Waals surface area contributed by atoms with Crippen molar-refractivity contribution in [1.82, 2.24) is 15.1 Å². The highest BCUT2D eigenvalue weighted by Crippen LogP contribution is 2.33. The first kappa shape index (κ1) is 17.9. The van der Waals surface area contributed by atoms with Crippen LogP contribution in [0.1, 0.15) is 49.5 Å². The van der Waals surface area contributed by atoms with Crippen molar-refractivity contribution in [2.45, 2.75) is 50.7 Å². The third kappa shape index (κ3) is 3.15. The van der Waals surface area contributed by atoms with Gasteiger partial charge < -0.3 is 9.64 Å². The van der Waals surface area contributed by atoms with E-state index in [1.54, 1.807) is 25.2 Å². The van der Waals surface area contributed by atoms with Gasteiger partial charge in [-0.05, 0) is 25.8 Å². The minimum atomic E-state index is -0.991. The lowest BCUT2D eigenvalue weighted by Crippen LogP contribution is -2.53. The third-order valence-corrected chi connectivity index (χ3v) is 5.16. The molecule has 1 aliphatic rings. The number of hydrogen-bond acceptors (Lipinski definition) is 5. The maximum Gasteiger partial charge on any atom is 0.360 e. The van der Waals surface area contributed by atoms with Crippen LogP contribution >= 0.6 is 0 Å². The molecule has 1 aliphatic carbocycles. The minimum Gasteiger partial charge on any atom is -0.448 e. The van der Waals surface area contributed by atoms with Crippen LogP contribution in [-0.4, -0.2) is 45.7 Å². The van der Waals surface area contributed by atoms with Gasteiger partial charge in [0.25, 0.3) is 5.91 Å². The maximum absolute atomic E-state index is 12.7. The number of likely N-dealkylation sites (N-methyl/N-ethyl adjacent to an activating group) is 1. The van der Waals surface area contributed by atoms with Crippen LogP contribution in [0.4, 0.5) is 0 Å². The first-order chi connectivity index (χ1) is 12.5. The number of fused-ring (bicyclic) bond motifs is 1. The highest BCUT2D eigenvalue weighted by molar-refractivity contribution is 6.02. The Labute approximate surface area is 151 Å². The molecule has 1 atom stereocenters. The van der Waals surface area contributed by atoms with Gasteiger partial charge in [0.05, 0.1) is 11.6 Å². The summed E-state index contributed by atoms with van der Waals surface area (Å²) in [5, 5.41) is 17.0. The summed E-state index contributed by atoms with van der Waals surface area (Å²) in [4.78, 5) is 26.6. The van der Waals surface area contributed by atoms with Crippen molar-refractivity contribution in [2.75, 3.05) is 7.05 Å². The molecule has 1 N–H and O–H groups in total. The van der Waals surface area contributed by atoms with Crippen LogP contribution in [0.5, 0.6) is 0 Å². The molecule has 0 aliphatic heterocycles. The molecule has 1 aromatic heterocycles. The summed E-state index contributed by atoms with van der Waals surface area (Å²) in [6, 6.07) is 9.51. The van der Waals surface area contributed by atoms with Crippen LogP contribution in [0.3, 0.4) is 0 Å². The van der Waals surface area contributed by atoms with E-state index in [0.29, 0.717) is 18.2 Å². The number of nitrogens with zero attached hydrogens (tertiary/aromatic N) is 3. The zero-order valence-electron chi connectivity index (χ0n) is 15.0. The molecule has 1 heterocycles. The van der Waals surface area contributed by atoms with E-state index in [2.05, 4.69) is 16.3 Å². The molecule has 0 radical (unpaired) electrons. The largest absolute Gasteiger partial charge is 0.448 e. The molecule has 7 nitrogen and oxygen atoms in total. The third-order valence-electron chi connectivity index (χ3n) is 5.16. The van der Waals surface area contributed by atoms with E-state index in [-0.39, 0.29) is 11.6 Å². The van der Waals surface area contributed by atoms with Crippen molar-refractivity contribution >= 4 is 22.8 Å². The number of ether oxygens (including phenoxy) is 1. The number of amides is 1. The van der Waals surface area contributed by atoms with E-state index < -0.39 is 17.6 Å². The summed E-state index contributed by atoms with van der Waals surface area (Å²) in [6.07, 6.45) is 3.21. The Kier molecular flexibility index (Phi) is 4.94. The number of hydrogen-bond donors (Lipinski definition) is 1. The van der Waals surface area contributed by atoms with Crippen LogP contribution < -0.4 is 0 Å². The van der Waals surface area contributed by atoms with Crippen molar-refractivity contribution in [3.8, 4) is 6.07 Å². The van der Waals surface area contributed by atoms with Crippen molar-refractivity contribution < 1.29 is 14.3 Å². The Morgan fingerprint density at radius 1 is 1.31 bits per heavy atom. The number of esters is 1. The van der Waals surface area contributed by atoms with Crippen molar-refractivity contribution in [3.63, 3.8) is 0 Å². The quantitative estimate of drug-likeness (QED) is 0.851. The summed E-state index contributed by atoms with van der Waals surface area (Å²) in [6.45, 7) is 1.53. The summed E-state index contributed by atoms with van der Waals surface area (Å²) >= 11 is 0. The lowest BCUT2D eigenvalue weighted by atomic mass is 9.81. The van der Waals surface area contributed by atoms with Crippen molar-refractivity contribution in [2.24, 2.45) is 0 Å². The lowest BCUT2D eigenvalue weighted by molar-refractivity contribution is -0.143. The van der Waals surface area contributed by atoms with E-state index >= 15 is 0 Å². The number of aromatic nitrogens is 2. The molecule has 1 fully saturated rings. The van der Waals surface area contributed by atoms with E-state index in [1.807, 2.05) is 6.07 Å². The zero-order chi connectivity index (χ0) is 18.7. The second-order valence-electron chi connectivity index (χ2n) is 6.77. The summed E-state index contributed by atoms with van der Waals surface area (Å²) < 4.78 is 5.34. The molecule has 136 valence electrons. The fourth-order valence-corrected chi connectivity index (χ4v) is 3.53. The fourth-order valence-electron chi connectivity index (χ4n) is 3.53. The van der Waals surface area contributed by atoms with E-state index in [1.165, 1.54) is 11.8 Å². The molecule has 0 bridgehead atoms. The van der Waals surface area contributed by atoms with Crippen LogP contribution in [0.2, 0.25) is 0 Å². The zero-order valence-corrected chi connectivity index (χ0v) is 15.0. The van der Waals surface area contributed by atoms with Crippen molar-refractivity contribution in [3.05, 3.63) is 30.0 Å². The first-order valence-electron chi connectivity index (χ1n) is 8.81. The van der Waals surface area contributed by atoms with Gasteiger partial charge in [-0.2, -0.15) is 10.4 Å². The number of nitriles is 1. The van der Waals surface area contributed by atoms with Gasteiger partial charge in [-0.15, -0.1) is 0 Å². The molecule has 1 aromatic carbocycles. The standard InChI is InChI=1S/C19H22N4O3/c1-13(17(24)23(2)19(12-20)10-6-3-7-11-19)26-18(25)16-14-8-4-5-9-15(14)21-22-16/h4-5,8-9,13H,3,6-7,10-11H2,1-2H3,(H,21,22)/t13-/m1/s1. The summed E-state index contributed by atoms with van der Waals surface area (Å²) in [7, 11) is 1.62. The molecule has 1 saturated carbocycles. The average Bonchev–Trinajstić information content (AvgIpc) is 3.11. The minimum absolute atomic E-state index is 0.149. The van der Waals surface area contributed by atoms with E-state index in [4.69, 9.17) is 4.74 Å². The Morgan fingerprint density at radius 2 is 2.00 bits per heavy atom. The molecule has 3 rings (SSSR count). The van der Waals surface area contributed by atoms with Crippen LogP contribution in [0.25, 0.3) is 10.9 Å². The smallest absolute Gasteiger partial charge is 0.360 e. The molecule has 0 spiro atoms. The summed E-state index contributed by atoms with van der Waals surface area (Å²) in [5.74, 6) is -1.03. The van der Waals surface area contributed by atoms with Gasteiger partial charge in [-0.1, -0.05) is 37.5 Å². The van der Waals surface area contributed by atoms with Gasteiger partial charge >= 0.3 is 5.97 Å². The van der Waals surface area contributed by atoms with Crippen LogP contribution in [0.15, 0.2) is 24.3 Å². The predicted octanol–water partition coefficient (Wildman–Crippen LogP) is 2.79. The monoisotopic (exact) mass is 354 g/mol. The Bertz CT molecular complexity index is 861. The van der Waals surface area contributed by atoms with Gasteiger partial charge in [0.15, 0.2) is 11.8 Å². The molecular formula is C19H22N4O3. The van der Waals surface area contributed by atoms with Gasteiger partial charge in [-0.3, -0.25) is 9.89 Å². The van der Waals surface area contributed by atoms with Gasteiger partial charge in [-0.25, -0.2) is 4.79 Å². The van der Waals surface area contributed by atoms with E-state index in [0.717, 1.165) is 24.8 Å². The molecule has 0 unspecified atom stereocenters. The molecule has 0 saturated heterocycles. The number of rotatable bonds is 4. The Balaban J connectivity index is 1.72. The predicted molar refractivity (Wildman–Crippen MR) is 95.2 cm³/mol. The lowest BCUT2D eigenvalue weighted by Gasteiger charge is -2.39. The Hall–Kier alpha value is -2.88. The SMILES string of the molecule is C[C@@H](OC(=O)c1n[nH]c2ccccc12)C(=O)N(C)C1(C#N)CCCCC1. The maximum atomic E-state index is 12.7. The highest BCUT2D eigenvalue weighted by atomic mass is 16.5. The Morgan fingerprint density at radius 3 is 2.69 bits per heavy atom. The second-order valence-corrected chi connectivity index (χ2v) is 6.77. The van der Waals surface area contributed by atoms with Gasteiger partial charge in [0, 0.05) is 12.4 Å². The molecule has 26 heavy (non-hydrogen) atoms. The van der Waals surface area contributed by atoms with Crippen molar-refractivity contribution in [1.29, 1.82) is 5.26 Å². The normalized spacial score (nSPS) is 17.3. The number of benzene rings is 1. The number of H-pyrrole nitrogens is 1. The number of carbonyl (C=O) groups excluding carboxylic acids is 2. The number of nitrogens with one attached hydrogen (secondary N) is 1. The van der Waals surface area contributed by atoms with Crippen LogP contribution in [-0.2, 0) is 9.53 Å². The molecular weight excluding hydrogens is 332 g/mol. The average molecular weight is 354 g/mol. The summed E-state index contributed by atoms with van der Waals surface area (Å²) in [5.41, 5.74) is 0.0615. The number of para-hydroxylation sites is 1. The topological polar surface area (TPSA) is 99.1 Å². The van der Waals surface area contributed by atoms with Gasteiger partial charge in [0.1, 0.15) is 5.54 Å². The second kappa shape index (κ2) is 7.16. The van der Waals surface area contributed by atoms with Gasteiger partial charge in [0.2, 0.25) is 0 Å². The first-order valence-corrected chi connectivity index (χ1v) is 8.81. The molecule has 2 aromatic rings. The molecule has 1 amide bonds. The highest BCUT2D eigenvalue weighted by Gasteiger charge is 2.41. The fraction of sp³-hybridized carbons (Fsp3) is 0.474. The number of aromatic amines is 1. The molecule has 7 heteroatoms.